The van der Waals surface area contributed by atoms with Gasteiger partial charge in [-0.25, -0.2) is 13.6 Å². The minimum absolute atomic E-state index is 0.128. The summed E-state index contributed by atoms with van der Waals surface area (Å²) < 4.78 is 30.9. The summed E-state index contributed by atoms with van der Waals surface area (Å²) in [7, 11) is 0. The number of thioether (sulfide) groups is 1. The second-order valence-corrected chi connectivity index (χ2v) is 4.36. The van der Waals surface area contributed by atoms with E-state index in [2.05, 4.69) is 5.16 Å². The Labute approximate surface area is 105 Å². The van der Waals surface area contributed by atoms with Crippen LogP contribution in [0.2, 0.25) is 0 Å². The molecule has 1 aromatic carbocycles. The van der Waals surface area contributed by atoms with Crippen LogP contribution in [0.3, 0.4) is 0 Å². The number of carboxylic acids is 1. The molecule has 0 spiro atoms. The van der Waals surface area contributed by atoms with Gasteiger partial charge >= 0.3 is 5.97 Å². The maximum absolute atomic E-state index is 13.3. The zero-order valence-corrected chi connectivity index (χ0v) is 9.71. The lowest BCUT2D eigenvalue weighted by atomic mass is 10.3. The fourth-order valence-corrected chi connectivity index (χ4v) is 2.05. The predicted molar refractivity (Wildman–Crippen MR) is 59.4 cm³/mol. The molecule has 0 aliphatic heterocycles. The number of rotatable bonds is 4. The summed E-state index contributed by atoms with van der Waals surface area (Å²) in [5.74, 6) is -1.84. The first-order valence-electron chi connectivity index (χ1n) is 4.83. The molecule has 0 fully saturated rings. The van der Waals surface area contributed by atoms with Crippen LogP contribution in [0, 0.1) is 11.6 Å². The molecule has 1 heterocycles. The van der Waals surface area contributed by atoms with Crippen molar-refractivity contribution in [2.75, 3.05) is 0 Å². The van der Waals surface area contributed by atoms with Crippen LogP contribution >= 0.6 is 11.8 Å². The molecule has 1 N–H and O–H groups in total. The molecule has 0 amide bonds. The van der Waals surface area contributed by atoms with Crippen molar-refractivity contribution in [3.05, 3.63) is 47.4 Å². The van der Waals surface area contributed by atoms with Gasteiger partial charge in [-0.1, -0.05) is 5.16 Å². The predicted octanol–water partition coefficient (Wildman–Crippen LogP) is 2.94. The molecule has 0 atom stereocenters. The van der Waals surface area contributed by atoms with Crippen LogP contribution < -0.4 is 0 Å². The number of halogens is 2. The second-order valence-electron chi connectivity index (χ2n) is 3.35. The molecular weight excluding hydrogens is 264 g/mol. The quantitative estimate of drug-likeness (QED) is 0.866. The maximum atomic E-state index is 13.3. The van der Waals surface area contributed by atoms with Gasteiger partial charge in [0.25, 0.3) is 0 Å². The lowest BCUT2D eigenvalue weighted by Crippen LogP contribution is -1.94. The first kappa shape index (κ1) is 12.6. The van der Waals surface area contributed by atoms with E-state index in [0.717, 1.165) is 30.0 Å². The lowest BCUT2D eigenvalue weighted by Gasteiger charge is -2.00. The highest BCUT2D eigenvalue weighted by Crippen LogP contribution is 2.26. The average Bonchev–Trinajstić information content (AvgIpc) is 2.79. The highest BCUT2D eigenvalue weighted by Gasteiger charge is 2.12. The monoisotopic (exact) mass is 271 g/mol. The third-order valence-corrected chi connectivity index (χ3v) is 3.09. The van der Waals surface area contributed by atoms with Crippen LogP contribution in [0.4, 0.5) is 8.78 Å². The zero-order chi connectivity index (χ0) is 13.1. The molecule has 0 aliphatic rings. The Morgan fingerprint density at radius 1 is 1.39 bits per heavy atom. The van der Waals surface area contributed by atoms with Gasteiger partial charge in [0.1, 0.15) is 17.4 Å². The smallest absolute Gasteiger partial charge is 0.358 e. The molecule has 94 valence electrons. The minimum atomic E-state index is -1.20. The fraction of sp³-hybridized carbons (Fsp3) is 0.0909. The number of aromatic carboxylic acids is 1. The van der Waals surface area contributed by atoms with Crippen LogP contribution in [-0.2, 0) is 5.75 Å². The van der Waals surface area contributed by atoms with Crippen LogP contribution in [-0.4, -0.2) is 16.2 Å². The number of hydrogen-bond acceptors (Lipinski definition) is 4. The minimum Gasteiger partial charge on any atom is -0.476 e. The normalized spacial score (nSPS) is 10.6. The molecule has 4 nitrogen and oxygen atoms in total. The van der Waals surface area contributed by atoms with Crippen molar-refractivity contribution < 1.29 is 23.2 Å². The molecule has 0 aliphatic carbocycles. The Kier molecular flexibility index (Phi) is 3.61. The highest BCUT2D eigenvalue weighted by atomic mass is 32.2. The van der Waals surface area contributed by atoms with E-state index < -0.39 is 17.6 Å². The van der Waals surface area contributed by atoms with Gasteiger partial charge in [-0.2, -0.15) is 0 Å². The SMILES string of the molecule is O=C(O)c1cc(CSc2cc(F)ccc2F)on1. The Bertz CT molecular complexity index is 585. The topological polar surface area (TPSA) is 63.3 Å². The van der Waals surface area contributed by atoms with Crippen molar-refractivity contribution >= 4 is 17.7 Å². The Morgan fingerprint density at radius 3 is 2.83 bits per heavy atom. The standard InChI is InChI=1S/C11H7F2NO3S/c12-6-1-2-8(13)10(3-6)18-5-7-4-9(11(15)16)14-17-7/h1-4H,5H2,(H,15,16). The number of nitrogens with zero attached hydrogens (tertiary/aromatic N) is 1. The van der Waals surface area contributed by atoms with Crippen LogP contribution in [0.5, 0.6) is 0 Å². The van der Waals surface area contributed by atoms with Crippen molar-refractivity contribution in [3.63, 3.8) is 0 Å². The van der Waals surface area contributed by atoms with Gasteiger partial charge in [0.15, 0.2) is 5.69 Å². The number of hydrogen-bond donors (Lipinski definition) is 1. The van der Waals surface area contributed by atoms with E-state index in [-0.39, 0.29) is 22.1 Å². The molecule has 0 radical (unpaired) electrons. The van der Waals surface area contributed by atoms with Gasteiger partial charge < -0.3 is 9.63 Å². The van der Waals surface area contributed by atoms with E-state index in [0.29, 0.717) is 0 Å². The maximum Gasteiger partial charge on any atom is 0.358 e. The lowest BCUT2D eigenvalue weighted by molar-refractivity contribution is 0.0685. The largest absolute Gasteiger partial charge is 0.476 e. The summed E-state index contributed by atoms with van der Waals surface area (Å²) in [6.07, 6.45) is 0. The number of benzene rings is 1. The van der Waals surface area contributed by atoms with Crippen molar-refractivity contribution in [1.29, 1.82) is 0 Å². The number of carboxylic acid groups (broad SMARTS) is 1. The Hall–Kier alpha value is -1.89. The van der Waals surface area contributed by atoms with E-state index >= 15 is 0 Å². The summed E-state index contributed by atoms with van der Waals surface area (Å²) in [5.41, 5.74) is -0.217. The van der Waals surface area contributed by atoms with Crippen LogP contribution in [0.25, 0.3) is 0 Å². The molecule has 1 aromatic heterocycles. The third kappa shape index (κ3) is 2.86. The van der Waals surface area contributed by atoms with Gasteiger partial charge in [-0.15, -0.1) is 11.8 Å². The summed E-state index contributed by atoms with van der Waals surface area (Å²) in [6.45, 7) is 0. The Morgan fingerprint density at radius 2 is 2.17 bits per heavy atom. The molecule has 2 rings (SSSR count). The fourth-order valence-electron chi connectivity index (χ4n) is 1.22. The highest BCUT2D eigenvalue weighted by molar-refractivity contribution is 7.98. The molecule has 0 unspecified atom stereocenters. The van der Waals surface area contributed by atoms with Gasteiger partial charge in [-0.05, 0) is 18.2 Å². The summed E-state index contributed by atoms with van der Waals surface area (Å²) >= 11 is 0.998. The van der Waals surface area contributed by atoms with Crippen molar-refractivity contribution in [3.8, 4) is 0 Å². The summed E-state index contributed by atoms with van der Waals surface area (Å²) in [6, 6.07) is 4.36. The molecular formula is C11H7F2NO3S. The third-order valence-electron chi connectivity index (χ3n) is 2.04. The molecule has 0 bridgehead atoms. The van der Waals surface area contributed by atoms with Crippen LogP contribution in [0.1, 0.15) is 16.2 Å². The van der Waals surface area contributed by atoms with Gasteiger partial charge in [0.2, 0.25) is 0 Å². The van der Waals surface area contributed by atoms with Crippen molar-refractivity contribution in [1.82, 2.24) is 5.16 Å². The van der Waals surface area contributed by atoms with Crippen molar-refractivity contribution in [2.24, 2.45) is 0 Å². The number of carbonyl (C=O) groups is 1. The molecule has 0 saturated carbocycles. The first-order chi connectivity index (χ1) is 8.56. The second kappa shape index (κ2) is 5.18. The zero-order valence-electron chi connectivity index (χ0n) is 8.89. The molecule has 7 heteroatoms. The van der Waals surface area contributed by atoms with Crippen molar-refractivity contribution in [2.45, 2.75) is 10.6 Å². The van der Waals surface area contributed by atoms with Crippen LogP contribution in [0.15, 0.2) is 33.7 Å². The summed E-state index contributed by atoms with van der Waals surface area (Å²) in [5, 5.41) is 11.9. The van der Waals surface area contributed by atoms with E-state index in [9.17, 15) is 13.6 Å². The Balaban J connectivity index is 2.06. The molecule has 2 aromatic rings. The first-order valence-corrected chi connectivity index (χ1v) is 5.81. The van der Waals surface area contributed by atoms with E-state index in [1.165, 1.54) is 6.07 Å². The summed E-state index contributed by atoms with van der Waals surface area (Å²) in [4.78, 5) is 10.7. The average molecular weight is 271 g/mol. The van der Waals surface area contributed by atoms with E-state index in [4.69, 9.17) is 9.63 Å². The van der Waals surface area contributed by atoms with E-state index in [1.807, 2.05) is 0 Å². The van der Waals surface area contributed by atoms with E-state index in [1.54, 1.807) is 0 Å². The number of aromatic nitrogens is 1. The molecule has 0 saturated heterocycles. The van der Waals surface area contributed by atoms with Gasteiger partial charge in [0, 0.05) is 11.0 Å². The molecule has 18 heavy (non-hydrogen) atoms. The van der Waals surface area contributed by atoms with Gasteiger partial charge in [0.05, 0.1) is 5.75 Å². The van der Waals surface area contributed by atoms with Gasteiger partial charge in [-0.3, -0.25) is 0 Å².